The van der Waals surface area contributed by atoms with Gasteiger partial charge in [-0.15, -0.1) is 0 Å². The molecule has 0 radical (unpaired) electrons. The highest BCUT2D eigenvalue weighted by molar-refractivity contribution is 5.87. The smallest absolute Gasteiger partial charge is 0.350 e. The number of fused-ring (bicyclic) bond motifs is 2. The van der Waals surface area contributed by atoms with Crippen LogP contribution in [0.4, 0.5) is 26.3 Å². The number of alkyl halides is 6. The zero-order valence-electron chi connectivity index (χ0n) is 28.8. The number of halogens is 6. The van der Waals surface area contributed by atoms with Crippen LogP contribution in [-0.4, -0.2) is 5.91 Å². The highest BCUT2D eigenvalue weighted by Crippen LogP contribution is 2.31. The number of hydrogen-bond donors (Lipinski definition) is 2. The van der Waals surface area contributed by atoms with Gasteiger partial charge in [0, 0.05) is 12.5 Å². The lowest BCUT2D eigenvalue weighted by molar-refractivity contribution is -0.138. The molecule has 3 N–H and O–H groups in total. The lowest BCUT2D eigenvalue weighted by Crippen LogP contribution is -2.27. The summed E-state index contributed by atoms with van der Waals surface area (Å²) < 4.78 is 74.5. The third-order valence-corrected chi connectivity index (χ3v) is 8.33. The van der Waals surface area contributed by atoms with E-state index in [1.54, 1.807) is 12.1 Å². The van der Waals surface area contributed by atoms with Crippen LogP contribution in [0.2, 0.25) is 0 Å². The lowest BCUT2D eigenvalue weighted by atomic mass is 9.99. The number of benzene rings is 6. The third-order valence-electron chi connectivity index (χ3n) is 8.33. The Morgan fingerprint density at radius 3 is 1.70 bits per heavy atom. The van der Waals surface area contributed by atoms with Crippen molar-refractivity contribution < 1.29 is 31.1 Å². The molecule has 0 bridgehead atoms. The van der Waals surface area contributed by atoms with Crippen molar-refractivity contribution in [3.05, 3.63) is 173 Å². The molecule has 0 unspecified atom stereocenters. The first-order valence-electron chi connectivity index (χ1n) is 16.6. The van der Waals surface area contributed by atoms with Gasteiger partial charge in [-0.05, 0) is 82.3 Å². The molecule has 53 heavy (non-hydrogen) atoms. The van der Waals surface area contributed by atoms with Gasteiger partial charge >= 0.3 is 12.4 Å². The number of rotatable bonds is 7. The molecule has 0 aliphatic rings. The molecule has 3 nitrogen and oxygen atoms in total. The first kappa shape index (κ1) is 42.0. The average Bonchev–Trinajstić information content (AvgIpc) is 3.13. The van der Waals surface area contributed by atoms with Crippen LogP contribution in [0.5, 0.6) is 0 Å². The molecule has 0 aromatic heterocycles. The molecule has 0 fully saturated rings. The minimum atomic E-state index is -4.37. The van der Waals surface area contributed by atoms with Gasteiger partial charge in [0.15, 0.2) is 0 Å². The van der Waals surface area contributed by atoms with E-state index in [0.717, 1.165) is 40.6 Å². The van der Waals surface area contributed by atoms with E-state index in [9.17, 15) is 31.1 Å². The number of aryl methyl sites for hydroxylation is 1. The van der Waals surface area contributed by atoms with E-state index in [2.05, 4.69) is 42.2 Å². The van der Waals surface area contributed by atoms with E-state index in [4.69, 9.17) is 5.73 Å². The van der Waals surface area contributed by atoms with Gasteiger partial charge in [0.1, 0.15) is 0 Å². The van der Waals surface area contributed by atoms with Crippen LogP contribution in [-0.2, 0) is 23.6 Å². The second-order valence-electron chi connectivity index (χ2n) is 12.2. The first-order chi connectivity index (χ1) is 24.7. The second kappa shape index (κ2) is 18.9. The van der Waals surface area contributed by atoms with Gasteiger partial charge in [0.2, 0.25) is 5.91 Å². The number of amides is 1. The number of nitrogens with two attached hydrogens (primary N) is 1. The van der Waals surface area contributed by atoms with Crippen molar-refractivity contribution in [2.45, 2.75) is 58.6 Å². The zero-order valence-corrected chi connectivity index (χ0v) is 28.8. The summed E-state index contributed by atoms with van der Waals surface area (Å²) in [5, 5.41) is 7.64. The van der Waals surface area contributed by atoms with Gasteiger partial charge in [-0.3, -0.25) is 4.79 Å². The van der Waals surface area contributed by atoms with Crippen LogP contribution in [0.1, 0.15) is 73.2 Å². The number of carbonyl (C=O) groups excluding carboxylic acids is 1. The highest BCUT2D eigenvalue weighted by Gasteiger charge is 2.31. The molecule has 9 heteroatoms. The maximum atomic E-state index is 12.8. The predicted molar refractivity (Wildman–Crippen MR) is 205 cm³/mol. The molecule has 0 aliphatic carbocycles. The summed E-state index contributed by atoms with van der Waals surface area (Å²) in [5.41, 5.74) is 7.76. The molecule has 0 saturated carbocycles. The normalized spacial score (nSPS) is 12.2. The van der Waals surface area contributed by atoms with Crippen LogP contribution in [0, 0.1) is 0 Å². The van der Waals surface area contributed by atoms with Gasteiger partial charge in [-0.1, -0.05) is 135 Å². The predicted octanol–water partition coefficient (Wildman–Crippen LogP) is 12.5. The van der Waals surface area contributed by atoms with Gasteiger partial charge in [0.25, 0.3) is 0 Å². The lowest BCUT2D eigenvalue weighted by Gasteiger charge is -2.17. The number of carbonyl (C=O) groups is 1. The topological polar surface area (TPSA) is 55.1 Å². The van der Waals surface area contributed by atoms with Crippen LogP contribution in [0.15, 0.2) is 140 Å². The molecule has 0 aliphatic heterocycles. The Morgan fingerprint density at radius 1 is 0.679 bits per heavy atom. The largest absolute Gasteiger partial charge is 0.416 e. The molecule has 278 valence electrons. The van der Waals surface area contributed by atoms with E-state index >= 15 is 0 Å². The molecule has 0 heterocycles. The van der Waals surface area contributed by atoms with Crippen LogP contribution in [0.3, 0.4) is 0 Å². The average molecular weight is 731 g/mol. The van der Waals surface area contributed by atoms with Gasteiger partial charge in [-0.25, -0.2) is 0 Å². The monoisotopic (exact) mass is 730 g/mol. The summed E-state index contributed by atoms with van der Waals surface area (Å²) in [6, 6.07) is 38.5. The Morgan fingerprint density at radius 2 is 1.15 bits per heavy atom. The fraction of sp³-hybridized carbons (Fsp3) is 0.205. The molecule has 2 atom stereocenters. The highest BCUT2D eigenvalue weighted by atomic mass is 19.4. The molecule has 0 spiro atoms. The minimum absolute atomic E-state index is 0. The first-order valence-corrected chi connectivity index (χ1v) is 16.6. The van der Waals surface area contributed by atoms with Crippen molar-refractivity contribution >= 4 is 33.5 Å². The van der Waals surface area contributed by atoms with Crippen LogP contribution >= 0.6 is 0 Å². The van der Waals surface area contributed by atoms with E-state index in [1.807, 2.05) is 68.4 Å². The molecular formula is C44H44F6N2O. The minimum Gasteiger partial charge on any atom is -0.350 e. The van der Waals surface area contributed by atoms with E-state index < -0.39 is 23.5 Å². The van der Waals surface area contributed by atoms with Crippen molar-refractivity contribution in [1.29, 1.82) is 0 Å². The molecular weight excluding hydrogens is 686 g/mol. The summed E-state index contributed by atoms with van der Waals surface area (Å²) in [7, 11) is 0. The maximum absolute atomic E-state index is 12.8. The molecule has 0 saturated heterocycles. The SMILES string of the molecule is C.C=Cc1cccc(C(F)(F)F)c1.C[C@@H](N)c1cccc2ccccc12.C[C@@H](NC(=O)CCc1cccc(C(F)(F)F)c1)c1cccc2ccccc12. The Hall–Kier alpha value is -5.41. The van der Waals surface area contributed by atoms with Crippen molar-refractivity contribution in [3.8, 4) is 0 Å². The fourth-order valence-corrected chi connectivity index (χ4v) is 5.67. The van der Waals surface area contributed by atoms with Crippen LogP contribution in [0.25, 0.3) is 27.6 Å². The number of hydrogen-bond acceptors (Lipinski definition) is 2. The maximum Gasteiger partial charge on any atom is 0.416 e. The van der Waals surface area contributed by atoms with Gasteiger partial charge < -0.3 is 11.1 Å². The van der Waals surface area contributed by atoms with Crippen molar-refractivity contribution in [1.82, 2.24) is 5.32 Å². The molecule has 6 rings (SSSR count). The summed E-state index contributed by atoms with van der Waals surface area (Å²) >= 11 is 0. The quantitative estimate of drug-likeness (QED) is 0.161. The standard InChI is InChI=1S/C22H20F3NO.C12H13N.C9H7F3.CH4/c1-15(19-11-5-8-17-7-2-3-10-20(17)19)26-21(27)13-12-16-6-4-9-18(14-16)22(23,24)25;1-9(13)11-8-4-6-10-5-2-3-7-12(10)11;1-2-7-4-3-5-8(6-7)9(10,11)12;/h2-11,14-15H,12-13H2,1H3,(H,26,27);2-9H,13H2,1H3;2-6H,1H2;1H4/t15-;9-;;/m11../s1. The molecule has 6 aromatic carbocycles. The van der Waals surface area contributed by atoms with E-state index in [-0.39, 0.29) is 38.3 Å². The zero-order chi connectivity index (χ0) is 37.9. The Balaban J connectivity index is 0.000000242. The third kappa shape index (κ3) is 12.1. The summed E-state index contributed by atoms with van der Waals surface area (Å²) in [5.74, 6) is -0.187. The van der Waals surface area contributed by atoms with Crippen molar-refractivity contribution in [2.75, 3.05) is 0 Å². The summed E-state index contributed by atoms with van der Waals surface area (Å²) in [6.45, 7) is 7.31. The van der Waals surface area contributed by atoms with E-state index in [1.165, 1.54) is 34.5 Å². The fourth-order valence-electron chi connectivity index (χ4n) is 5.67. The Labute approximate surface area is 307 Å². The van der Waals surface area contributed by atoms with Crippen LogP contribution < -0.4 is 11.1 Å². The number of nitrogens with one attached hydrogen (secondary N) is 1. The summed E-state index contributed by atoms with van der Waals surface area (Å²) in [4.78, 5) is 12.3. The van der Waals surface area contributed by atoms with E-state index in [0.29, 0.717) is 11.1 Å². The summed E-state index contributed by atoms with van der Waals surface area (Å²) in [6.07, 6.45) is -6.86. The molecule has 1 amide bonds. The van der Waals surface area contributed by atoms with Gasteiger partial charge in [0.05, 0.1) is 17.2 Å². The van der Waals surface area contributed by atoms with Crippen molar-refractivity contribution in [3.63, 3.8) is 0 Å². The Bertz CT molecular complexity index is 2090. The Kier molecular flexibility index (Phi) is 15.0. The second-order valence-corrected chi connectivity index (χ2v) is 12.2. The molecule has 6 aromatic rings. The van der Waals surface area contributed by atoms with Gasteiger partial charge in [-0.2, -0.15) is 26.3 Å². The van der Waals surface area contributed by atoms with Crippen molar-refractivity contribution in [2.24, 2.45) is 5.73 Å².